The van der Waals surface area contributed by atoms with E-state index in [0.717, 1.165) is 6.07 Å². The van der Waals surface area contributed by atoms with Crippen LogP contribution in [0.3, 0.4) is 0 Å². The van der Waals surface area contributed by atoms with E-state index in [4.69, 9.17) is 10.8 Å². The first kappa shape index (κ1) is 16.0. The molecule has 0 saturated heterocycles. The van der Waals surface area contributed by atoms with Crippen molar-refractivity contribution in [3.8, 4) is 5.75 Å². The summed E-state index contributed by atoms with van der Waals surface area (Å²) in [6, 6.07) is 2.17. The number of halogens is 5. The molecule has 98 valence electrons. The SMILES string of the molecule is Cl.N[C@@H](CCC(F)(F)F)c1ccc(O)cc1F. The van der Waals surface area contributed by atoms with Crippen LogP contribution in [-0.4, -0.2) is 11.3 Å². The molecule has 0 aliphatic heterocycles. The molecule has 0 amide bonds. The van der Waals surface area contributed by atoms with Gasteiger partial charge in [0.15, 0.2) is 0 Å². The number of phenols is 1. The predicted octanol–water partition coefficient (Wildman–Crippen LogP) is 3.30. The fourth-order valence-corrected chi connectivity index (χ4v) is 1.29. The van der Waals surface area contributed by atoms with Crippen LogP contribution in [0.5, 0.6) is 5.75 Å². The maximum atomic E-state index is 13.2. The summed E-state index contributed by atoms with van der Waals surface area (Å²) in [5.41, 5.74) is 5.41. The van der Waals surface area contributed by atoms with E-state index < -0.39 is 24.5 Å². The summed E-state index contributed by atoms with van der Waals surface area (Å²) in [4.78, 5) is 0. The highest BCUT2D eigenvalue weighted by Gasteiger charge is 2.28. The van der Waals surface area contributed by atoms with E-state index in [0.29, 0.717) is 0 Å². The molecule has 1 atom stereocenters. The van der Waals surface area contributed by atoms with Gasteiger partial charge in [-0.3, -0.25) is 0 Å². The highest BCUT2D eigenvalue weighted by atomic mass is 35.5. The van der Waals surface area contributed by atoms with Crippen molar-refractivity contribution in [2.75, 3.05) is 0 Å². The molecule has 0 saturated carbocycles. The zero-order valence-corrected chi connectivity index (χ0v) is 9.48. The second-order valence-electron chi connectivity index (χ2n) is 3.47. The minimum absolute atomic E-state index is 0. The summed E-state index contributed by atoms with van der Waals surface area (Å²) in [5.74, 6) is -1.08. The molecule has 0 fully saturated rings. The Kier molecular flexibility index (Phi) is 5.71. The molecule has 1 aromatic carbocycles. The van der Waals surface area contributed by atoms with Gasteiger partial charge in [-0.05, 0) is 12.5 Å². The molecule has 0 spiro atoms. The number of phenolic OH excluding ortho intramolecular Hbond substituents is 1. The topological polar surface area (TPSA) is 46.2 Å². The van der Waals surface area contributed by atoms with Crippen LogP contribution in [0.25, 0.3) is 0 Å². The first-order valence-corrected chi connectivity index (χ1v) is 4.60. The highest BCUT2D eigenvalue weighted by molar-refractivity contribution is 5.85. The molecular weight excluding hydrogens is 262 g/mol. The summed E-state index contributed by atoms with van der Waals surface area (Å²) < 4.78 is 48.9. The molecule has 1 rings (SSSR count). The summed E-state index contributed by atoms with van der Waals surface area (Å²) in [6.07, 6.45) is -5.75. The van der Waals surface area contributed by atoms with Gasteiger partial charge in [0.2, 0.25) is 0 Å². The van der Waals surface area contributed by atoms with Gasteiger partial charge < -0.3 is 10.8 Å². The van der Waals surface area contributed by atoms with Gasteiger partial charge in [-0.1, -0.05) is 6.07 Å². The molecular formula is C10H12ClF4NO. The smallest absolute Gasteiger partial charge is 0.389 e. The average Bonchev–Trinajstić information content (AvgIpc) is 2.13. The van der Waals surface area contributed by atoms with Crippen molar-refractivity contribution < 1.29 is 22.7 Å². The Labute approximate surface area is 102 Å². The van der Waals surface area contributed by atoms with Crippen molar-refractivity contribution in [1.29, 1.82) is 0 Å². The third kappa shape index (κ3) is 5.23. The Bertz CT molecular complexity index is 370. The van der Waals surface area contributed by atoms with Crippen LogP contribution >= 0.6 is 12.4 Å². The number of benzene rings is 1. The maximum Gasteiger partial charge on any atom is 0.389 e. The molecule has 0 bridgehead atoms. The largest absolute Gasteiger partial charge is 0.508 e. The fraction of sp³-hybridized carbons (Fsp3) is 0.400. The van der Waals surface area contributed by atoms with E-state index in [1.54, 1.807) is 0 Å². The first-order valence-electron chi connectivity index (χ1n) is 4.60. The van der Waals surface area contributed by atoms with Gasteiger partial charge in [-0.2, -0.15) is 13.2 Å². The van der Waals surface area contributed by atoms with Crippen molar-refractivity contribution in [3.63, 3.8) is 0 Å². The number of aromatic hydroxyl groups is 1. The van der Waals surface area contributed by atoms with Crippen LogP contribution < -0.4 is 5.73 Å². The van der Waals surface area contributed by atoms with Gasteiger partial charge in [-0.25, -0.2) is 4.39 Å². The number of nitrogens with two attached hydrogens (primary N) is 1. The average molecular weight is 274 g/mol. The Morgan fingerprint density at radius 2 is 1.88 bits per heavy atom. The molecule has 0 unspecified atom stereocenters. The van der Waals surface area contributed by atoms with E-state index in [2.05, 4.69) is 0 Å². The standard InChI is InChI=1S/C10H11F4NO.ClH/c11-8-5-6(16)1-2-7(8)9(15)3-4-10(12,13)14;/h1-2,5,9,16H,3-4,15H2;1H/t9-;/m0./s1. The van der Waals surface area contributed by atoms with Gasteiger partial charge in [0, 0.05) is 24.1 Å². The Hall–Kier alpha value is -1.01. The molecule has 0 heterocycles. The summed E-state index contributed by atoms with van der Waals surface area (Å²) in [5, 5.41) is 8.92. The van der Waals surface area contributed by atoms with Crippen molar-refractivity contribution >= 4 is 12.4 Å². The first-order chi connectivity index (χ1) is 7.29. The number of rotatable bonds is 3. The van der Waals surface area contributed by atoms with Gasteiger partial charge in [0.05, 0.1) is 0 Å². The van der Waals surface area contributed by atoms with Gasteiger partial charge in [0.25, 0.3) is 0 Å². The van der Waals surface area contributed by atoms with Crippen LogP contribution in [0, 0.1) is 5.82 Å². The maximum absolute atomic E-state index is 13.2. The van der Waals surface area contributed by atoms with E-state index in [1.165, 1.54) is 12.1 Å². The van der Waals surface area contributed by atoms with Gasteiger partial charge in [0.1, 0.15) is 11.6 Å². The van der Waals surface area contributed by atoms with E-state index in [1.807, 2.05) is 0 Å². The summed E-state index contributed by atoms with van der Waals surface area (Å²) >= 11 is 0. The molecule has 0 radical (unpaired) electrons. The highest BCUT2D eigenvalue weighted by Crippen LogP contribution is 2.28. The molecule has 7 heteroatoms. The second kappa shape index (κ2) is 6.07. The van der Waals surface area contributed by atoms with Crippen LogP contribution in [0.2, 0.25) is 0 Å². The lowest BCUT2D eigenvalue weighted by molar-refractivity contribution is -0.136. The van der Waals surface area contributed by atoms with Crippen LogP contribution in [-0.2, 0) is 0 Å². The van der Waals surface area contributed by atoms with E-state index in [9.17, 15) is 17.6 Å². The third-order valence-electron chi connectivity index (χ3n) is 2.12. The molecule has 3 N–H and O–H groups in total. The van der Waals surface area contributed by atoms with E-state index >= 15 is 0 Å². The lowest BCUT2D eigenvalue weighted by atomic mass is 10.0. The summed E-state index contributed by atoms with van der Waals surface area (Å²) in [7, 11) is 0. The zero-order valence-electron chi connectivity index (χ0n) is 8.67. The Balaban J connectivity index is 0.00000256. The van der Waals surface area contributed by atoms with Crippen LogP contribution in [0.1, 0.15) is 24.4 Å². The monoisotopic (exact) mass is 273 g/mol. The molecule has 0 aliphatic rings. The Morgan fingerprint density at radius 3 is 2.35 bits per heavy atom. The minimum Gasteiger partial charge on any atom is -0.508 e. The summed E-state index contributed by atoms with van der Waals surface area (Å²) in [6.45, 7) is 0. The third-order valence-corrected chi connectivity index (χ3v) is 2.12. The van der Waals surface area contributed by atoms with Crippen molar-refractivity contribution in [1.82, 2.24) is 0 Å². The molecule has 1 aromatic rings. The predicted molar refractivity (Wildman–Crippen MR) is 57.5 cm³/mol. The zero-order chi connectivity index (χ0) is 12.3. The molecule has 17 heavy (non-hydrogen) atoms. The number of hydrogen-bond donors (Lipinski definition) is 2. The molecule has 2 nitrogen and oxygen atoms in total. The minimum atomic E-state index is -4.30. The second-order valence-corrected chi connectivity index (χ2v) is 3.47. The lowest BCUT2D eigenvalue weighted by Gasteiger charge is -2.14. The van der Waals surface area contributed by atoms with E-state index in [-0.39, 0.29) is 30.1 Å². The van der Waals surface area contributed by atoms with Crippen molar-refractivity contribution in [2.24, 2.45) is 5.73 Å². The van der Waals surface area contributed by atoms with Crippen LogP contribution in [0.15, 0.2) is 18.2 Å². The normalized spacial score (nSPS) is 13.0. The Morgan fingerprint density at radius 1 is 1.29 bits per heavy atom. The van der Waals surface area contributed by atoms with Gasteiger partial charge >= 0.3 is 6.18 Å². The van der Waals surface area contributed by atoms with Gasteiger partial charge in [-0.15, -0.1) is 12.4 Å². The van der Waals surface area contributed by atoms with Crippen molar-refractivity contribution in [3.05, 3.63) is 29.6 Å². The lowest BCUT2D eigenvalue weighted by Crippen LogP contribution is -2.16. The van der Waals surface area contributed by atoms with Crippen LogP contribution in [0.4, 0.5) is 17.6 Å². The molecule has 0 aromatic heterocycles. The molecule has 0 aliphatic carbocycles. The fourth-order valence-electron chi connectivity index (χ4n) is 1.29. The van der Waals surface area contributed by atoms with Crippen molar-refractivity contribution in [2.45, 2.75) is 25.1 Å². The quantitative estimate of drug-likeness (QED) is 0.830. The number of alkyl halides is 3. The number of hydrogen-bond acceptors (Lipinski definition) is 2.